The quantitative estimate of drug-likeness (QED) is 0.878. The second kappa shape index (κ2) is 6.45. The molecule has 1 saturated heterocycles. The number of benzene rings is 1. The first-order chi connectivity index (χ1) is 9.11. The van der Waals surface area contributed by atoms with Crippen LogP contribution < -0.4 is 10.6 Å². The Labute approximate surface area is 119 Å². The molecule has 0 radical (unpaired) electrons. The van der Waals surface area contributed by atoms with Crippen LogP contribution >= 0.6 is 15.9 Å². The van der Waals surface area contributed by atoms with E-state index in [0.717, 1.165) is 4.47 Å². The van der Waals surface area contributed by atoms with Crippen LogP contribution in [-0.2, 0) is 16.1 Å². The van der Waals surface area contributed by atoms with Gasteiger partial charge in [-0.3, -0.25) is 4.79 Å². The Morgan fingerprint density at radius 1 is 1.53 bits per heavy atom. The van der Waals surface area contributed by atoms with Crippen LogP contribution in [0.2, 0.25) is 0 Å². The third-order valence-electron chi connectivity index (χ3n) is 3.25. The van der Waals surface area contributed by atoms with Gasteiger partial charge in [-0.1, -0.05) is 15.9 Å². The van der Waals surface area contributed by atoms with E-state index in [0.29, 0.717) is 25.3 Å². The maximum Gasteiger partial charge on any atom is 0.227 e. The largest absolute Gasteiger partial charge is 0.379 e. The van der Waals surface area contributed by atoms with Crippen molar-refractivity contribution in [3.8, 4) is 0 Å². The lowest BCUT2D eigenvalue weighted by molar-refractivity contribution is -0.125. The van der Waals surface area contributed by atoms with Crippen LogP contribution in [0.25, 0.3) is 0 Å². The Kier molecular flexibility index (Phi) is 4.90. The van der Waals surface area contributed by atoms with E-state index >= 15 is 0 Å². The van der Waals surface area contributed by atoms with Crippen molar-refractivity contribution in [1.82, 2.24) is 10.6 Å². The summed E-state index contributed by atoms with van der Waals surface area (Å²) < 4.78 is 19.2. The van der Waals surface area contributed by atoms with Crippen LogP contribution in [0.4, 0.5) is 4.39 Å². The molecule has 1 heterocycles. The Morgan fingerprint density at radius 2 is 2.32 bits per heavy atom. The number of carbonyl (C=O) groups is 1. The SMILES string of the molecule is CNC1COCC1C(=O)NCc1cc(F)ccc1Br. The number of hydrogen-bond acceptors (Lipinski definition) is 3. The van der Waals surface area contributed by atoms with Crippen molar-refractivity contribution in [3.05, 3.63) is 34.1 Å². The average Bonchev–Trinajstić information content (AvgIpc) is 2.88. The van der Waals surface area contributed by atoms with Crippen molar-refractivity contribution in [2.24, 2.45) is 5.92 Å². The fraction of sp³-hybridized carbons (Fsp3) is 0.462. The normalized spacial score (nSPS) is 22.5. The molecule has 0 aromatic heterocycles. The summed E-state index contributed by atoms with van der Waals surface area (Å²) in [5, 5.41) is 5.88. The highest BCUT2D eigenvalue weighted by molar-refractivity contribution is 9.10. The molecule has 2 atom stereocenters. The molecule has 2 unspecified atom stereocenters. The molecule has 1 amide bonds. The first-order valence-corrected chi connectivity index (χ1v) is 6.87. The van der Waals surface area contributed by atoms with Crippen molar-refractivity contribution >= 4 is 21.8 Å². The molecule has 1 aromatic rings. The van der Waals surface area contributed by atoms with Gasteiger partial charge in [-0.05, 0) is 30.8 Å². The molecule has 4 nitrogen and oxygen atoms in total. The van der Waals surface area contributed by atoms with Crippen LogP contribution in [0, 0.1) is 11.7 Å². The summed E-state index contributed by atoms with van der Waals surface area (Å²) in [5.41, 5.74) is 0.716. The maximum atomic E-state index is 13.1. The molecule has 2 rings (SSSR count). The molecule has 1 aliphatic rings. The Balaban J connectivity index is 1.95. The van der Waals surface area contributed by atoms with Gasteiger partial charge in [0.25, 0.3) is 0 Å². The predicted molar refractivity (Wildman–Crippen MR) is 73.1 cm³/mol. The van der Waals surface area contributed by atoms with E-state index in [1.807, 2.05) is 7.05 Å². The summed E-state index contributed by atoms with van der Waals surface area (Å²) in [4.78, 5) is 12.0. The number of rotatable bonds is 4. The van der Waals surface area contributed by atoms with Crippen LogP contribution in [0.1, 0.15) is 5.56 Å². The van der Waals surface area contributed by atoms with E-state index in [2.05, 4.69) is 26.6 Å². The summed E-state index contributed by atoms with van der Waals surface area (Å²) in [6.07, 6.45) is 0. The van der Waals surface area contributed by atoms with Gasteiger partial charge >= 0.3 is 0 Å². The molecule has 0 saturated carbocycles. The van der Waals surface area contributed by atoms with Crippen molar-refractivity contribution in [2.75, 3.05) is 20.3 Å². The van der Waals surface area contributed by atoms with E-state index in [-0.39, 0.29) is 23.7 Å². The zero-order chi connectivity index (χ0) is 13.8. The first kappa shape index (κ1) is 14.4. The Hall–Kier alpha value is -0.980. The molecule has 2 N–H and O–H groups in total. The van der Waals surface area contributed by atoms with Crippen LogP contribution in [0.5, 0.6) is 0 Å². The highest BCUT2D eigenvalue weighted by Crippen LogP contribution is 2.18. The smallest absolute Gasteiger partial charge is 0.227 e. The predicted octanol–water partition coefficient (Wildman–Crippen LogP) is 1.44. The van der Waals surface area contributed by atoms with E-state index in [1.165, 1.54) is 12.1 Å². The van der Waals surface area contributed by atoms with Crippen molar-refractivity contribution in [3.63, 3.8) is 0 Å². The summed E-state index contributed by atoms with van der Waals surface area (Å²) in [6, 6.07) is 4.45. The zero-order valence-corrected chi connectivity index (χ0v) is 12.2. The van der Waals surface area contributed by atoms with E-state index < -0.39 is 0 Å². The summed E-state index contributed by atoms with van der Waals surface area (Å²) in [5.74, 6) is -0.588. The fourth-order valence-corrected chi connectivity index (χ4v) is 2.48. The number of nitrogens with one attached hydrogen (secondary N) is 2. The minimum atomic E-state index is -0.315. The van der Waals surface area contributed by atoms with E-state index in [9.17, 15) is 9.18 Å². The number of hydrogen-bond donors (Lipinski definition) is 2. The first-order valence-electron chi connectivity index (χ1n) is 6.08. The molecule has 0 bridgehead atoms. The monoisotopic (exact) mass is 330 g/mol. The summed E-state index contributed by atoms with van der Waals surface area (Å²) >= 11 is 3.33. The van der Waals surface area contributed by atoms with Gasteiger partial charge in [0.15, 0.2) is 0 Å². The van der Waals surface area contributed by atoms with Crippen LogP contribution in [-0.4, -0.2) is 32.2 Å². The van der Waals surface area contributed by atoms with Crippen LogP contribution in [0.15, 0.2) is 22.7 Å². The van der Waals surface area contributed by atoms with Crippen molar-refractivity contribution in [1.29, 1.82) is 0 Å². The maximum absolute atomic E-state index is 13.1. The second-order valence-corrected chi connectivity index (χ2v) is 5.35. The van der Waals surface area contributed by atoms with E-state index in [1.54, 1.807) is 6.07 Å². The second-order valence-electron chi connectivity index (χ2n) is 4.49. The number of likely N-dealkylation sites (N-methyl/N-ethyl adjacent to an activating group) is 1. The molecule has 1 aliphatic heterocycles. The van der Waals surface area contributed by atoms with Crippen molar-refractivity contribution in [2.45, 2.75) is 12.6 Å². The molecule has 0 spiro atoms. The van der Waals surface area contributed by atoms with Gasteiger partial charge in [0, 0.05) is 17.1 Å². The van der Waals surface area contributed by atoms with Gasteiger partial charge in [0.2, 0.25) is 5.91 Å². The Morgan fingerprint density at radius 3 is 3.05 bits per heavy atom. The number of amides is 1. The lowest BCUT2D eigenvalue weighted by Gasteiger charge is -2.16. The average molecular weight is 331 g/mol. The number of ether oxygens (including phenoxy) is 1. The van der Waals surface area contributed by atoms with Gasteiger partial charge in [0.05, 0.1) is 19.1 Å². The summed E-state index contributed by atoms with van der Waals surface area (Å²) in [6.45, 7) is 1.25. The van der Waals surface area contributed by atoms with Crippen molar-refractivity contribution < 1.29 is 13.9 Å². The minimum Gasteiger partial charge on any atom is -0.379 e. The van der Waals surface area contributed by atoms with E-state index in [4.69, 9.17) is 4.74 Å². The molecule has 104 valence electrons. The Bertz CT molecular complexity index is 470. The topological polar surface area (TPSA) is 50.4 Å². The standard InChI is InChI=1S/C13H16BrFN2O2/c1-16-12-7-19-6-10(12)13(18)17-5-8-4-9(15)2-3-11(8)14/h2-4,10,12,16H,5-7H2,1H3,(H,17,18). The lowest BCUT2D eigenvalue weighted by Crippen LogP contribution is -2.42. The van der Waals surface area contributed by atoms with Gasteiger partial charge < -0.3 is 15.4 Å². The lowest BCUT2D eigenvalue weighted by atomic mass is 10.0. The molecular formula is C13H16BrFN2O2. The molecule has 6 heteroatoms. The van der Waals surface area contributed by atoms with Gasteiger partial charge in [-0.25, -0.2) is 4.39 Å². The van der Waals surface area contributed by atoms with Gasteiger partial charge in [0.1, 0.15) is 5.82 Å². The zero-order valence-electron chi connectivity index (χ0n) is 10.6. The molecule has 19 heavy (non-hydrogen) atoms. The molecule has 1 fully saturated rings. The highest BCUT2D eigenvalue weighted by atomic mass is 79.9. The van der Waals surface area contributed by atoms with Crippen LogP contribution in [0.3, 0.4) is 0 Å². The number of halogens is 2. The molecular weight excluding hydrogens is 315 g/mol. The van der Waals surface area contributed by atoms with Gasteiger partial charge in [-0.2, -0.15) is 0 Å². The van der Waals surface area contributed by atoms with Gasteiger partial charge in [-0.15, -0.1) is 0 Å². The fourth-order valence-electron chi connectivity index (χ4n) is 2.09. The molecule has 1 aromatic carbocycles. The minimum absolute atomic E-state index is 0.0379. The highest BCUT2D eigenvalue weighted by Gasteiger charge is 2.32. The summed E-state index contributed by atoms with van der Waals surface area (Å²) in [7, 11) is 1.81. The number of carbonyl (C=O) groups excluding carboxylic acids is 1. The third-order valence-corrected chi connectivity index (χ3v) is 4.02. The third kappa shape index (κ3) is 3.52. The molecule has 0 aliphatic carbocycles.